The summed E-state index contributed by atoms with van der Waals surface area (Å²) >= 11 is 0. The van der Waals surface area contributed by atoms with Crippen LogP contribution in [-0.2, 0) is 15.0 Å². The summed E-state index contributed by atoms with van der Waals surface area (Å²) in [6, 6.07) is 10.4. The van der Waals surface area contributed by atoms with Crippen molar-refractivity contribution in [3.05, 3.63) is 35.9 Å². The van der Waals surface area contributed by atoms with E-state index in [1.165, 1.54) is 5.56 Å². The third kappa shape index (κ3) is 2.80. The summed E-state index contributed by atoms with van der Waals surface area (Å²) in [5.74, 6) is -0.0487. The number of amides is 2. The van der Waals surface area contributed by atoms with Gasteiger partial charge in [0, 0.05) is 31.5 Å². The van der Waals surface area contributed by atoms with Crippen molar-refractivity contribution in [1.82, 2.24) is 10.2 Å². The first-order valence-corrected chi connectivity index (χ1v) is 7.76. The highest BCUT2D eigenvalue weighted by Gasteiger charge is 2.44. The van der Waals surface area contributed by atoms with Crippen LogP contribution in [0, 0.1) is 5.92 Å². The number of nitrogens with one attached hydrogen (secondary N) is 1. The fraction of sp³-hybridized carbons (Fsp3) is 0.529. The van der Waals surface area contributed by atoms with Crippen LogP contribution in [-0.4, -0.2) is 36.3 Å². The number of carbonyl (C=O) groups excluding carboxylic acids is 2. The van der Waals surface area contributed by atoms with Crippen LogP contribution < -0.4 is 5.32 Å². The summed E-state index contributed by atoms with van der Waals surface area (Å²) in [5.41, 5.74) is 1.44. The van der Waals surface area contributed by atoms with E-state index in [4.69, 9.17) is 0 Å². The molecule has 1 aromatic rings. The summed E-state index contributed by atoms with van der Waals surface area (Å²) in [6.45, 7) is 3.90. The van der Waals surface area contributed by atoms with Crippen molar-refractivity contribution < 1.29 is 9.59 Å². The molecule has 0 radical (unpaired) electrons. The molecule has 3 rings (SSSR count). The Bertz CT molecular complexity index is 537. The van der Waals surface area contributed by atoms with Crippen LogP contribution in [0.1, 0.15) is 31.7 Å². The van der Waals surface area contributed by atoms with Crippen molar-refractivity contribution in [1.29, 1.82) is 0 Å². The molecule has 1 aliphatic heterocycles. The van der Waals surface area contributed by atoms with Crippen molar-refractivity contribution >= 4 is 11.8 Å². The first-order valence-electron chi connectivity index (χ1n) is 7.76. The summed E-state index contributed by atoms with van der Waals surface area (Å²) in [7, 11) is 0. The number of hydrogen-bond donors (Lipinski definition) is 1. The molecule has 1 atom stereocenters. The predicted molar refractivity (Wildman–Crippen MR) is 80.7 cm³/mol. The Morgan fingerprint density at radius 1 is 1.33 bits per heavy atom. The molecule has 112 valence electrons. The molecule has 1 aliphatic carbocycles. The van der Waals surface area contributed by atoms with Gasteiger partial charge >= 0.3 is 0 Å². The quantitative estimate of drug-likeness (QED) is 0.895. The molecule has 2 aliphatic rings. The van der Waals surface area contributed by atoms with Crippen molar-refractivity contribution in [2.24, 2.45) is 5.92 Å². The van der Waals surface area contributed by atoms with Gasteiger partial charge in [-0.1, -0.05) is 30.3 Å². The average Bonchev–Trinajstić information content (AvgIpc) is 3.22. The molecular formula is C17H22N2O2. The number of hydrogen-bond acceptors (Lipinski definition) is 2. The molecule has 21 heavy (non-hydrogen) atoms. The highest BCUT2D eigenvalue weighted by Crippen LogP contribution is 2.47. The molecule has 2 fully saturated rings. The zero-order valence-electron chi connectivity index (χ0n) is 12.5. The monoisotopic (exact) mass is 286 g/mol. The highest BCUT2D eigenvalue weighted by atomic mass is 16.2. The molecule has 0 spiro atoms. The van der Waals surface area contributed by atoms with Crippen LogP contribution in [0.2, 0.25) is 0 Å². The predicted octanol–water partition coefficient (Wildman–Crippen LogP) is 1.70. The normalized spacial score (nSPS) is 23.2. The van der Waals surface area contributed by atoms with Gasteiger partial charge in [0.1, 0.15) is 0 Å². The lowest BCUT2D eigenvalue weighted by Gasteiger charge is -2.18. The summed E-state index contributed by atoms with van der Waals surface area (Å²) < 4.78 is 0. The lowest BCUT2D eigenvalue weighted by molar-refractivity contribution is -0.128. The molecule has 4 nitrogen and oxygen atoms in total. The van der Waals surface area contributed by atoms with Gasteiger partial charge in [0.2, 0.25) is 11.8 Å². The van der Waals surface area contributed by atoms with E-state index in [0.29, 0.717) is 26.1 Å². The minimum atomic E-state index is -0.177. The molecule has 4 heteroatoms. The van der Waals surface area contributed by atoms with Gasteiger partial charge in [-0.15, -0.1) is 0 Å². The standard InChI is InChI=1S/C17H22N2O2/c1-2-19-11-13(10-15(19)20)16(21)18-12-17(8-9-17)14-6-4-3-5-7-14/h3-7,13H,2,8-12H2,1H3,(H,18,21)/t13-/m1/s1. The van der Waals surface area contributed by atoms with Crippen LogP contribution >= 0.6 is 0 Å². The van der Waals surface area contributed by atoms with Gasteiger partial charge in [-0.2, -0.15) is 0 Å². The number of nitrogens with zero attached hydrogens (tertiary/aromatic N) is 1. The van der Waals surface area contributed by atoms with E-state index in [1.807, 2.05) is 25.1 Å². The minimum Gasteiger partial charge on any atom is -0.355 e. The van der Waals surface area contributed by atoms with Gasteiger partial charge in [0.25, 0.3) is 0 Å². The molecule has 1 heterocycles. The molecule has 0 aromatic heterocycles. The Hall–Kier alpha value is -1.84. The number of benzene rings is 1. The smallest absolute Gasteiger partial charge is 0.225 e. The van der Waals surface area contributed by atoms with Crippen molar-refractivity contribution in [3.8, 4) is 0 Å². The van der Waals surface area contributed by atoms with Crippen LogP contribution in [0.3, 0.4) is 0 Å². The summed E-state index contributed by atoms with van der Waals surface area (Å²) in [6.07, 6.45) is 2.61. The van der Waals surface area contributed by atoms with Gasteiger partial charge in [-0.3, -0.25) is 9.59 Å². The first kappa shape index (κ1) is 14.1. The molecule has 0 unspecified atom stereocenters. The summed E-state index contributed by atoms with van der Waals surface area (Å²) in [4.78, 5) is 25.7. The number of rotatable bonds is 5. The highest BCUT2D eigenvalue weighted by molar-refractivity contribution is 5.89. The van der Waals surface area contributed by atoms with Crippen LogP contribution in [0.5, 0.6) is 0 Å². The maximum Gasteiger partial charge on any atom is 0.225 e. The molecular weight excluding hydrogens is 264 g/mol. The maximum absolute atomic E-state index is 12.3. The van der Waals surface area contributed by atoms with Gasteiger partial charge < -0.3 is 10.2 Å². The van der Waals surface area contributed by atoms with Crippen LogP contribution in [0.25, 0.3) is 0 Å². The molecule has 2 amide bonds. The topological polar surface area (TPSA) is 49.4 Å². The first-order chi connectivity index (χ1) is 10.1. The Balaban J connectivity index is 1.56. The Morgan fingerprint density at radius 3 is 2.62 bits per heavy atom. The Morgan fingerprint density at radius 2 is 2.05 bits per heavy atom. The van der Waals surface area contributed by atoms with Gasteiger partial charge in [0.05, 0.1) is 5.92 Å². The average molecular weight is 286 g/mol. The van der Waals surface area contributed by atoms with Crippen molar-refractivity contribution in [3.63, 3.8) is 0 Å². The number of likely N-dealkylation sites (tertiary alicyclic amines) is 1. The number of carbonyl (C=O) groups is 2. The van der Waals surface area contributed by atoms with E-state index < -0.39 is 0 Å². The zero-order valence-corrected chi connectivity index (χ0v) is 12.5. The van der Waals surface area contributed by atoms with Crippen molar-refractivity contribution in [2.45, 2.75) is 31.6 Å². The Labute approximate surface area is 125 Å². The van der Waals surface area contributed by atoms with Gasteiger partial charge in [0.15, 0.2) is 0 Å². The second kappa shape index (κ2) is 5.51. The zero-order chi connectivity index (χ0) is 14.9. The molecule has 1 aromatic carbocycles. The summed E-state index contributed by atoms with van der Waals surface area (Å²) in [5, 5.41) is 3.07. The minimum absolute atomic E-state index is 0.0292. The maximum atomic E-state index is 12.3. The van der Waals surface area contributed by atoms with Crippen LogP contribution in [0.15, 0.2) is 30.3 Å². The SMILES string of the molecule is CCN1C[C@H](C(=O)NCC2(c3ccccc3)CC2)CC1=O. The molecule has 1 saturated carbocycles. The van der Waals surface area contributed by atoms with Crippen LogP contribution in [0.4, 0.5) is 0 Å². The van der Waals surface area contributed by atoms with E-state index in [2.05, 4.69) is 17.4 Å². The largest absolute Gasteiger partial charge is 0.355 e. The lowest BCUT2D eigenvalue weighted by Crippen LogP contribution is -2.37. The van der Waals surface area contributed by atoms with Crippen molar-refractivity contribution in [2.75, 3.05) is 19.6 Å². The fourth-order valence-corrected chi connectivity index (χ4v) is 3.16. The third-order valence-electron chi connectivity index (χ3n) is 4.81. The second-order valence-corrected chi connectivity index (χ2v) is 6.20. The second-order valence-electron chi connectivity index (χ2n) is 6.20. The van der Waals surface area contributed by atoms with E-state index in [9.17, 15) is 9.59 Å². The van der Waals surface area contributed by atoms with E-state index >= 15 is 0 Å². The van der Waals surface area contributed by atoms with E-state index in [1.54, 1.807) is 4.90 Å². The lowest BCUT2D eigenvalue weighted by atomic mass is 9.95. The van der Waals surface area contributed by atoms with Gasteiger partial charge in [-0.25, -0.2) is 0 Å². The molecule has 1 N–H and O–H groups in total. The fourth-order valence-electron chi connectivity index (χ4n) is 3.16. The Kier molecular flexibility index (Phi) is 3.70. The third-order valence-corrected chi connectivity index (χ3v) is 4.81. The molecule has 0 bridgehead atoms. The van der Waals surface area contributed by atoms with Gasteiger partial charge in [-0.05, 0) is 25.3 Å². The van der Waals surface area contributed by atoms with E-state index in [0.717, 1.165) is 12.8 Å². The van der Waals surface area contributed by atoms with E-state index in [-0.39, 0.29) is 23.1 Å². The molecule has 1 saturated heterocycles.